The lowest BCUT2D eigenvalue weighted by Crippen LogP contribution is -2.39. The van der Waals surface area contributed by atoms with Crippen molar-refractivity contribution in [1.82, 2.24) is 4.90 Å². The molecule has 0 bridgehead atoms. The maximum Gasteiger partial charge on any atom is 0.415 e. The molecule has 0 aliphatic carbocycles. The molecule has 0 aromatic heterocycles. The van der Waals surface area contributed by atoms with E-state index in [4.69, 9.17) is 18.9 Å². The van der Waals surface area contributed by atoms with Crippen molar-refractivity contribution in [2.24, 2.45) is 0 Å². The van der Waals surface area contributed by atoms with E-state index in [2.05, 4.69) is 0 Å². The van der Waals surface area contributed by atoms with Crippen LogP contribution in [0.5, 0.6) is 11.5 Å². The highest BCUT2D eigenvalue weighted by Gasteiger charge is 2.26. The van der Waals surface area contributed by atoms with Crippen molar-refractivity contribution >= 4 is 12.1 Å². The Morgan fingerprint density at radius 3 is 2.35 bits per heavy atom. The molecule has 0 radical (unpaired) electrons. The second-order valence-corrected chi connectivity index (χ2v) is 8.41. The molecule has 0 saturated heterocycles. The highest BCUT2D eigenvalue weighted by molar-refractivity contribution is 5.72. The second-order valence-electron chi connectivity index (χ2n) is 8.41. The number of carbonyl (C=O) groups is 2. The number of alkyl halides is 2. The lowest BCUT2D eigenvalue weighted by Gasteiger charge is -2.23. The normalized spacial score (nSPS) is 12.1. The zero-order valence-corrected chi connectivity index (χ0v) is 21.5. The van der Waals surface area contributed by atoms with Gasteiger partial charge in [-0.1, -0.05) is 31.2 Å². The lowest BCUT2D eigenvalue weighted by atomic mass is 10.1. The summed E-state index contributed by atoms with van der Waals surface area (Å²) in [6.45, 7) is 4.76. The van der Waals surface area contributed by atoms with Crippen molar-refractivity contribution < 1.29 is 42.4 Å². The third kappa shape index (κ3) is 11.1. The Hall–Kier alpha value is -3.24. The van der Waals surface area contributed by atoms with Crippen molar-refractivity contribution in [3.63, 3.8) is 0 Å². The number of amides is 1. The molecule has 0 fully saturated rings. The molecule has 0 heterocycles. The first-order chi connectivity index (χ1) is 17.6. The monoisotopic (exact) mass is 523 g/mol. The number of aryl methyl sites for hydroxylation is 1. The average molecular weight is 524 g/mol. The Kier molecular flexibility index (Phi) is 12.2. The van der Waals surface area contributed by atoms with E-state index < -0.39 is 30.7 Å². The number of benzene rings is 2. The molecular formula is C27H35F2NO7. The van der Waals surface area contributed by atoms with Crippen LogP contribution in [-0.4, -0.2) is 73.6 Å². The fourth-order valence-electron chi connectivity index (χ4n) is 3.27. The number of aliphatic carboxylic acids is 1. The van der Waals surface area contributed by atoms with Crippen LogP contribution < -0.4 is 9.47 Å². The summed E-state index contributed by atoms with van der Waals surface area (Å²) in [7, 11) is 0. The van der Waals surface area contributed by atoms with Gasteiger partial charge in [0, 0.05) is 26.0 Å². The van der Waals surface area contributed by atoms with Crippen LogP contribution in [-0.2, 0) is 20.7 Å². The highest BCUT2D eigenvalue weighted by atomic mass is 19.3. The first-order valence-electron chi connectivity index (χ1n) is 12.2. The number of hydrogen-bond acceptors (Lipinski definition) is 6. The molecule has 0 saturated carbocycles. The molecule has 1 amide bonds. The molecule has 1 unspecified atom stereocenters. The van der Waals surface area contributed by atoms with Crippen molar-refractivity contribution in [2.45, 2.75) is 45.6 Å². The molecule has 0 aliphatic heterocycles. The van der Waals surface area contributed by atoms with Gasteiger partial charge in [-0.3, -0.25) is 0 Å². The van der Waals surface area contributed by atoms with Gasteiger partial charge in [-0.2, -0.15) is 0 Å². The summed E-state index contributed by atoms with van der Waals surface area (Å²) >= 11 is 0. The first kappa shape index (κ1) is 30.0. The molecule has 2 rings (SSSR count). The third-order valence-electron chi connectivity index (χ3n) is 5.41. The third-order valence-corrected chi connectivity index (χ3v) is 5.41. The fourth-order valence-corrected chi connectivity index (χ4v) is 3.27. The van der Waals surface area contributed by atoms with Crippen LogP contribution >= 0.6 is 0 Å². The van der Waals surface area contributed by atoms with Gasteiger partial charge in [0.25, 0.3) is 5.92 Å². The number of hydrogen-bond donors (Lipinski definition) is 1. The quantitative estimate of drug-likeness (QED) is 0.311. The number of carboxylic acid groups (broad SMARTS) is 1. The SMILES string of the molecule is CCOC(Cc1ccc(OCCN(CCOCC(F)(F)CC)C(=O)Oc2cccc(C)c2)cc1)C(=O)O. The van der Waals surface area contributed by atoms with Gasteiger partial charge in [0.2, 0.25) is 0 Å². The molecule has 204 valence electrons. The Morgan fingerprint density at radius 1 is 1.03 bits per heavy atom. The van der Waals surface area contributed by atoms with Gasteiger partial charge in [0.15, 0.2) is 6.10 Å². The summed E-state index contributed by atoms with van der Waals surface area (Å²) in [6, 6.07) is 13.9. The minimum atomic E-state index is -2.92. The number of carbonyl (C=O) groups excluding carboxylic acids is 1. The van der Waals surface area contributed by atoms with E-state index in [1.165, 1.54) is 11.8 Å². The van der Waals surface area contributed by atoms with Crippen LogP contribution in [0.25, 0.3) is 0 Å². The van der Waals surface area contributed by atoms with Crippen LogP contribution in [0.2, 0.25) is 0 Å². The van der Waals surface area contributed by atoms with E-state index in [1.54, 1.807) is 49.4 Å². The second kappa shape index (κ2) is 15.1. The van der Waals surface area contributed by atoms with E-state index in [-0.39, 0.29) is 39.1 Å². The van der Waals surface area contributed by atoms with Crippen molar-refractivity contribution in [1.29, 1.82) is 0 Å². The number of halogens is 2. The Balaban J connectivity index is 1.93. The van der Waals surface area contributed by atoms with Gasteiger partial charge >= 0.3 is 12.1 Å². The molecular weight excluding hydrogens is 488 g/mol. The van der Waals surface area contributed by atoms with Gasteiger partial charge < -0.3 is 29.0 Å². The average Bonchev–Trinajstić information content (AvgIpc) is 2.86. The van der Waals surface area contributed by atoms with Crippen LogP contribution in [0.1, 0.15) is 31.4 Å². The summed E-state index contributed by atoms with van der Waals surface area (Å²) in [5, 5.41) is 9.23. The Morgan fingerprint density at radius 2 is 1.73 bits per heavy atom. The van der Waals surface area contributed by atoms with E-state index in [0.29, 0.717) is 18.1 Å². The largest absolute Gasteiger partial charge is 0.492 e. The van der Waals surface area contributed by atoms with E-state index in [9.17, 15) is 23.5 Å². The van der Waals surface area contributed by atoms with Gasteiger partial charge in [-0.15, -0.1) is 0 Å². The maximum atomic E-state index is 13.4. The molecule has 10 heteroatoms. The molecule has 0 aliphatic rings. The first-order valence-corrected chi connectivity index (χ1v) is 12.2. The molecule has 37 heavy (non-hydrogen) atoms. The van der Waals surface area contributed by atoms with Gasteiger partial charge in [-0.05, 0) is 49.2 Å². The summed E-state index contributed by atoms with van der Waals surface area (Å²) in [5.74, 6) is -3.05. The Bertz CT molecular complexity index is 985. The summed E-state index contributed by atoms with van der Waals surface area (Å²) in [6.07, 6.45) is -1.68. The maximum absolute atomic E-state index is 13.4. The minimum Gasteiger partial charge on any atom is -0.492 e. The molecule has 0 spiro atoms. The van der Waals surface area contributed by atoms with Crippen molar-refractivity contribution in [3.8, 4) is 11.5 Å². The van der Waals surface area contributed by atoms with Crippen LogP contribution in [0.3, 0.4) is 0 Å². The fraction of sp³-hybridized carbons (Fsp3) is 0.481. The number of carboxylic acids is 1. The minimum absolute atomic E-state index is 0.0424. The number of nitrogens with zero attached hydrogens (tertiary/aromatic N) is 1. The van der Waals surface area contributed by atoms with Crippen LogP contribution in [0.15, 0.2) is 48.5 Å². The summed E-state index contributed by atoms with van der Waals surface area (Å²) < 4.78 is 48.4. The van der Waals surface area contributed by atoms with E-state index in [1.807, 2.05) is 13.0 Å². The molecule has 1 atom stereocenters. The standard InChI is InChI=1S/C27H35F2NO7/c1-4-27(28,29)19-34-15-13-30(26(33)37-23-8-6-7-20(3)17-23)14-16-36-22-11-9-21(10-12-22)18-24(25(31)32)35-5-2/h6-12,17,24H,4-5,13-16,18-19H2,1-3H3,(H,31,32). The van der Waals surface area contributed by atoms with Gasteiger partial charge in [0.1, 0.15) is 24.7 Å². The smallest absolute Gasteiger partial charge is 0.415 e. The highest BCUT2D eigenvalue weighted by Crippen LogP contribution is 2.18. The predicted octanol–water partition coefficient (Wildman–Crippen LogP) is 4.97. The van der Waals surface area contributed by atoms with E-state index >= 15 is 0 Å². The zero-order valence-electron chi connectivity index (χ0n) is 21.5. The molecule has 8 nitrogen and oxygen atoms in total. The van der Waals surface area contributed by atoms with Crippen LogP contribution in [0.4, 0.5) is 13.6 Å². The van der Waals surface area contributed by atoms with Gasteiger partial charge in [-0.25, -0.2) is 18.4 Å². The number of rotatable bonds is 16. The summed E-state index contributed by atoms with van der Waals surface area (Å²) in [5.41, 5.74) is 1.70. The van der Waals surface area contributed by atoms with Gasteiger partial charge in [0.05, 0.1) is 13.2 Å². The number of ether oxygens (including phenoxy) is 4. The molecule has 2 aromatic carbocycles. The topological polar surface area (TPSA) is 94.5 Å². The summed E-state index contributed by atoms with van der Waals surface area (Å²) in [4.78, 5) is 25.4. The lowest BCUT2D eigenvalue weighted by molar-refractivity contribution is -0.149. The van der Waals surface area contributed by atoms with Crippen molar-refractivity contribution in [3.05, 3.63) is 59.7 Å². The van der Waals surface area contributed by atoms with Crippen molar-refractivity contribution in [2.75, 3.05) is 39.5 Å². The Labute approximate surface area is 216 Å². The predicted molar refractivity (Wildman–Crippen MR) is 134 cm³/mol. The van der Waals surface area contributed by atoms with Crippen LogP contribution in [0, 0.1) is 6.92 Å². The zero-order chi connectivity index (χ0) is 27.3. The molecule has 2 aromatic rings. The van der Waals surface area contributed by atoms with E-state index in [0.717, 1.165) is 11.1 Å². The molecule has 1 N–H and O–H groups in total.